The van der Waals surface area contributed by atoms with Crippen molar-refractivity contribution >= 4 is 32.5 Å². The molecule has 0 aliphatic heterocycles. The monoisotopic (exact) mass is 455 g/mol. The van der Waals surface area contributed by atoms with E-state index in [0.717, 1.165) is 41.8 Å². The fourth-order valence-corrected chi connectivity index (χ4v) is 4.37. The third kappa shape index (κ3) is 4.60. The summed E-state index contributed by atoms with van der Waals surface area (Å²) in [6.07, 6.45) is 3.30. The van der Waals surface area contributed by atoms with Crippen molar-refractivity contribution < 1.29 is 17.6 Å². The molecule has 0 saturated heterocycles. The first-order valence-electron chi connectivity index (χ1n) is 10.5. The molecule has 1 heterocycles. The van der Waals surface area contributed by atoms with Gasteiger partial charge in [-0.25, -0.2) is 12.8 Å². The van der Waals surface area contributed by atoms with E-state index in [2.05, 4.69) is 17.0 Å². The number of halogens is 1. The van der Waals surface area contributed by atoms with E-state index in [4.69, 9.17) is 4.98 Å². The molecule has 3 aromatic rings. The number of rotatable bonds is 6. The second kappa shape index (κ2) is 7.85. The number of benzene rings is 2. The molecule has 1 fully saturated rings. The standard InChI is InChI=1S/C24H26FN3O3S/c1-14-11-18(19(25)13-21(14)28-32(4,30)31)15(2)26-23(29)17-5-7-20-16(12-17)6-8-22(27-20)24(3)9-10-24/h5-8,11-13,15,28H,9-10H2,1-4H3,(H,26,29). The number of nitrogens with one attached hydrogen (secondary N) is 2. The topological polar surface area (TPSA) is 88.2 Å². The lowest BCUT2D eigenvalue weighted by molar-refractivity contribution is 0.0939. The molecule has 2 aromatic carbocycles. The minimum absolute atomic E-state index is 0.175. The van der Waals surface area contributed by atoms with Crippen LogP contribution in [0.5, 0.6) is 0 Å². The summed E-state index contributed by atoms with van der Waals surface area (Å²) in [5, 5.41) is 3.69. The van der Waals surface area contributed by atoms with Crippen molar-refractivity contribution in [3.63, 3.8) is 0 Å². The number of carbonyl (C=O) groups excluding carboxylic acids is 1. The molecule has 4 rings (SSSR count). The van der Waals surface area contributed by atoms with Crippen LogP contribution in [0.1, 0.15) is 59.9 Å². The zero-order chi connectivity index (χ0) is 23.3. The summed E-state index contributed by atoms with van der Waals surface area (Å²) in [5.41, 5.74) is 3.57. The first-order valence-corrected chi connectivity index (χ1v) is 12.3. The number of nitrogens with zero attached hydrogens (tertiary/aromatic N) is 1. The molecule has 32 heavy (non-hydrogen) atoms. The minimum Gasteiger partial charge on any atom is -0.345 e. The second-order valence-electron chi connectivity index (χ2n) is 8.92. The zero-order valence-electron chi connectivity index (χ0n) is 18.5. The molecule has 1 saturated carbocycles. The van der Waals surface area contributed by atoms with Gasteiger partial charge in [0.1, 0.15) is 5.82 Å². The number of carbonyl (C=O) groups is 1. The van der Waals surface area contributed by atoms with E-state index in [9.17, 15) is 17.6 Å². The molecule has 1 aliphatic carbocycles. The first-order chi connectivity index (χ1) is 14.9. The summed E-state index contributed by atoms with van der Waals surface area (Å²) < 4.78 is 39.9. The number of amides is 1. The van der Waals surface area contributed by atoms with Crippen LogP contribution >= 0.6 is 0 Å². The van der Waals surface area contributed by atoms with Gasteiger partial charge in [0.2, 0.25) is 10.0 Å². The van der Waals surface area contributed by atoms with Crippen LogP contribution in [-0.4, -0.2) is 25.6 Å². The van der Waals surface area contributed by atoms with Crippen molar-refractivity contribution in [3.8, 4) is 0 Å². The third-order valence-electron chi connectivity index (χ3n) is 6.02. The molecule has 1 atom stereocenters. The van der Waals surface area contributed by atoms with Crippen LogP contribution in [0.15, 0.2) is 42.5 Å². The number of hydrogen-bond donors (Lipinski definition) is 2. The summed E-state index contributed by atoms with van der Waals surface area (Å²) in [4.78, 5) is 17.6. The van der Waals surface area contributed by atoms with Crippen molar-refractivity contribution in [2.24, 2.45) is 0 Å². The summed E-state index contributed by atoms with van der Waals surface area (Å²) in [7, 11) is -3.52. The second-order valence-corrected chi connectivity index (χ2v) is 10.7. The molecular formula is C24H26FN3O3S. The Labute approximate surface area is 187 Å². The number of anilines is 1. The van der Waals surface area contributed by atoms with Gasteiger partial charge in [-0.1, -0.05) is 13.0 Å². The average molecular weight is 456 g/mol. The quantitative estimate of drug-likeness (QED) is 0.569. The van der Waals surface area contributed by atoms with Crippen LogP contribution in [0.25, 0.3) is 10.9 Å². The van der Waals surface area contributed by atoms with Gasteiger partial charge in [-0.15, -0.1) is 0 Å². The summed E-state index contributed by atoms with van der Waals surface area (Å²) in [5.74, 6) is -0.925. The molecule has 0 spiro atoms. The Morgan fingerprint density at radius 1 is 1.16 bits per heavy atom. The van der Waals surface area contributed by atoms with E-state index >= 15 is 0 Å². The highest BCUT2D eigenvalue weighted by Crippen LogP contribution is 2.46. The van der Waals surface area contributed by atoms with Gasteiger partial charge >= 0.3 is 0 Å². The Balaban J connectivity index is 1.53. The van der Waals surface area contributed by atoms with Crippen LogP contribution in [0.3, 0.4) is 0 Å². The molecule has 1 amide bonds. The highest BCUT2D eigenvalue weighted by atomic mass is 32.2. The van der Waals surface area contributed by atoms with Gasteiger partial charge in [0.15, 0.2) is 0 Å². The Hall–Kier alpha value is -3.00. The summed E-state index contributed by atoms with van der Waals surface area (Å²) in [6, 6.07) is 11.4. The fraction of sp³-hybridized carbons (Fsp3) is 0.333. The van der Waals surface area contributed by atoms with Crippen LogP contribution in [0, 0.1) is 12.7 Å². The van der Waals surface area contributed by atoms with E-state index in [0.29, 0.717) is 11.1 Å². The van der Waals surface area contributed by atoms with E-state index in [1.54, 1.807) is 26.0 Å². The minimum atomic E-state index is -3.52. The average Bonchev–Trinajstić information content (AvgIpc) is 3.47. The Morgan fingerprint density at radius 2 is 1.88 bits per heavy atom. The van der Waals surface area contributed by atoms with Gasteiger partial charge < -0.3 is 5.32 Å². The number of pyridine rings is 1. The lowest BCUT2D eigenvalue weighted by Gasteiger charge is -2.18. The lowest BCUT2D eigenvalue weighted by atomic mass is 10.0. The summed E-state index contributed by atoms with van der Waals surface area (Å²) in [6.45, 7) is 5.57. The first kappa shape index (κ1) is 22.2. The van der Waals surface area contributed by atoms with Gasteiger partial charge in [-0.2, -0.15) is 0 Å². The largest absolute Gasteiger partial charge is 0.345 e. The molecule has 1 aliphatic rings. The smallest absolute Gasteiger partial charge is 0.251 e. The van der Waals surface area contributed by atoms with Gasteiger partial charge in [-0.05, 0) is 68.7 Å². The van der Waals surface area contributed by atoms with Gasteiger partial charge in [-0.3, -0.25) is 14.5 Å². The van der Waals surface area contributed by atoms with Crippen LogP contribution in [0.4, 0.5) is 10.1 Å². The lowest BCUT2D eigenvalue weighted by Crippen LogP contribution is -2.27. The van der Waals surface area contributed by atoms with E-state index < -0.39 is 21.9 Å². The zero-order valence-corrected chi connectivity index (χ0v) is 19.3. The molecule has 0 radical (unpaired) electrons. The van der Waals surface area contributed by atoms with Crippen molar-refractivity contribution in [2.75, 3.05) is 11.0 Å². The van der Waals surface area contributed by atoms with Crippen LogP contribution < -0.4 is 10.0 Å². The van der Waals surface area contributed by atoms with Gasteiger partial charge in [0.25, 0.3) is 5.91 Å². The van der Waals surface area contributed by atoms with Crippen LogP contribution in [-0.2, 0) is 15.4 Å². The van der Waals surface area contributed by atoms with E-state index in [1.165, 1.54) is 6.07 Å². The maximum absolute atomic E-state index is 14.7. The highest BCUT2D eigenvalue weighted by Gasteiger charge is 2.40. The molecule has 0 bridgehead atoms. The fourth-order valence-electron chi connectivity index (χ4n) is 3.75. The molecule has 1 aromatic heterocycles. The molecule has 168 valence electrons. The number of aromatic nitrogens is 1. The Bertz CT molecular complexity index is 1330. The molecule has 6 nitrogen and oxygen atoms in total. The predicted octanol–water partition coefficient (Wildman–Crippen LogP) is 4.60. The number of fused-ring (bicyclic) bond motifs is 1. The van der Waals surface area contributed by atoms with Crippen molar-refractivity contribution in [2.45, 2.75) is 45.1 Å². The van der Waals surface area contributed by atoms with E-state index in [-0.39, 0.29) is 22.6 Å². The maximum Gasteiger partial charge on any atom is 0.251 e. The van der Waals surface area contributed by atoms with E-state index in [1.807, 2.05) is 18.2 Å². The van der Waals surface area contributed by atoms with Crippen LogP contribution in [0.2, 0.25) is 0 Å². The molecule has 2 N–H and O–H groups in total. The highest BCUT2D eigenvalue weighted by molar-refractivity contribution is 7.92. The van der Waals surface area contributed by atoms with Gasteiger partial charge in [0.05, 0.1) is 23.5 Å². The SMILES string of the molecule is Cc1cc(C(C)NC(=O)c2ccc3nc(C4(C)CC4)ccc3c2)c(F)cc1NS(C)(=O)=O. The predicted molar refractivity (Wildman–Crippen MR) is 124 cm³/mol. The Morgan fingerprint density at radius 3 is 2.53 bits per heavy atom. The number of hydrogen-bond acceptors (Lipinski definition) is 4. The van der Waals surface area contributed by atoms with Crippen molar-refractivity contribution in [1.82, 2.24) is 10.3 Å². The van der Waals surface area contributed by atoms with Crippen molar-refractivity contribution in [3.05, 3.63) is 70.7 Å². The molecule has 1 unspecified atom stereocenters. The molecule has 8 heteroatoms. The third-order valence-corrected chi connectivity index (χ3v) is 6.61. The molecular weight excluding hydrogens is 429 g/mol. The Kier molecular flexibility index (Phi) is 5.45. The normalized spacial score (nSPS) is 15.9. The number of aryl methyl sites for hydroxylation is 1. The maximum atomic E-state index is 14.7. The number of sulfonamides is 1. The summed E-state index contributed by atoms with van der Waals surface area (Å²) >= 11 is 0. The van der Waals surface area contributed by atoms with Crippen molar-refractivity contribution in [1.29, 1.82) is 0 Å². The van der Waals surface area contributed by atoms with Gasteiger partial charge in [0, 0.05) is 27.6 Å².